The fraction of sp³-hybridized carbons (Fsp3) is 0.130. The van der Waals surface area contributed by atoms with Crippen molar-refractivity contribution >= 4 is 54.9 Å². The van der Waals surface area contributed by atoms with Gasteiger partial charge in [0, 0.05) is 57.5 Å². The first kappa shape index (κ1) is 31.2. The van der Waals surface area contributed by atoms with Crippen LogP contribution in [0.15, 0.2) is 110 Å². The Kier molecular flexibility index (Phi) is 6.73. The topological polar surface area (TPSA) is 69.6 Å². The van der Waals surface area contributed by atoms with Gasteiger partial charge in [-0.2, -0.15) is 0 Å². The van der Waals surface area contributed by atoms with Crippen molar-refractivity contribution in [1.82, 2.24) is 28.7 Å². The van der Waals surface area contributed by atoms with Gasteiger partial charge in [0.05, 0.1) is 11.4 Å². The van der Waals surface area contributed by atoms with Gasteiger partial charge in [0.2, 0.25) is 0 Å². The average Bonchev–Trinajstić information content (AvgIpc) is 3.83. The molecule has 4 aromatic carbocycles. The summed E-state index contributed by atoms with van der Waals surface area (Å²) in [4.78, 5) is 20.0. The molecule has 0 aliphatic heterocycles. The molecule has 0 bridgehead atoms. The zero-order chi connectivity index (χ0) is 36.1. The van der Waals surface area contributed by atoms with Gasteiger partial charge in [-0.1, -0.05) is 35.4 Å². The molecule has 0 saturated heterocycles. The first-order valence-corrected chi connectivity index (χ1v) is 18.0. The van der Waals surface area contributed by atoms with E-state index < -0.39 is 0 Å². The third-order valence-corrected chi connectivity index (χ3v) is 10.6. The zero-order valence-electron chi connectivity index (χ0n) is 30.5. The normalized spacial score (nSPS) is 12.0. The van der Waals surface area contributed by atoms with Crippen molar-refractivity contribution in [3.63, 3.8) is 0 Å². The molecule has 10 aromatic rings. The van der Waals surface area contributed by atoms with E-state index in [4.69, 9.17) is 24.7 Å². The Morgan fingerprint density at radius 2 is 0.811 bits per heavy atom. The van der Waals surface area contributed by atoms with Crippen molar-refractivity contribution < 1.29 is 4.74 Å². The second-order valence-electron chi connectivity index (χ2n) is 14.4. The molecule has 0 radical (unpaired) electrons. The Hall–Kier alpha value is -6.60. The summed E-state index contributed by atoms with van der Waals surface area (Å²) >= 11 is 0. The highest BCUT2D eigenvalue weighted by Gasteiger charge is 2.17. The number of nitrogens with zero attached hydrogens (tertiary/aromatic N) is 6. The molecule has 0 aliphatic rings. The summed E-state index contributed by atoms with van der Waals surface area (Å²) in [5, 5.41) is 6.28. The minimum Gasteiger partial charge on any atom is -0.457 e. The molecule has 0 N–H and O–H groups in total. The molecule has 0 aliphatic carbocycles. The van der Waals surface area contributed by atoms with E-state index in [0.29, 0.717) is 0 Å². The smallest absolute Gasteiger partial charge is 0.146 e. The Balaban J connectivity index is 1.06. The molecule has 0 saturated carbocycles. The standard InChI is InChI=1S/C46H36N6O/c1-25-19-27(3)41(28(4)20-25)39-13-11-35-33-9-7-31(23-37(33)43-47-15-17-51(43)45(35)49-39)53-32-8-10-34-36-12-14-40(42-29(5)21-26(2)22-30(42)6)50-46(36)52-18-16-48-44(52)38(34)24-32/h7-24H,1-6H3. The van der Waals surface area contributed by atoms with Gasteiger partial charge in [0.15, 0.2) is 0 Å². The fourth-order valence-corrected chi connectivity index (χ4v) is 8.63. The lowest BCUT2D eigenvalue weighted by atomic mass is 9.96. The second-order valence-corrected chi connectivity index (χ2v) is 14.4. The van der Waals surface area contributed by atoms with Crippen LogP contribution in [0.1, 0.15) is 33.4 Å². The summed E-state index contributed by atoms with van der Waals surface area (Å²) in [5.41, 5.74) is 15.1. The van der Waals surface area contributed by atoms with E-state index in [-0.39, 0.29) is 0 Å². The summed E-state index contributed by atoms with van der Waals surface area (Å²) in [5.74, 6) is 1.46. The van der Waals surface area contributed by atoms with Crippen LogP contribution >= 0.6 is 0 Å². The molecular weight excluding hydrogens is 653 g/mol. The van der Waals surface area contributed by atoms with E-state index >= 15 is 0 Å². The molecular formula is C46H36N6O. The van der Waals surface area contributed by atoms with Gasteiger partial charge in [-0.05, 0) is 135 Å². The lowest BCUT2D eigenvalue weighted by Crippen LogP contribution is -1.98. The van der Waals surface area contributed by atoms with Gasteiger partial charge in [0.1, 0.15) is 34.1 Å². The molecule has 0 unspecified atom stereocenters. The summed E-state index contributed by atoms with van der Waals surface area (Å²) in [7, 11) is 0. The molecule has 7 nitrogen and oxygen atoms in total. The maximum atomic E-state index is 6.59. The number of aryl methyl sites for hydroxylation is 6. The van der Waals surface area contributed by atoms with Crippen molar-refractivity contribution in [1.29, 1.82) is 0 Å². The maximum absolute atomic E-state index is 6.59. The summed E-state index contributed by atoms with van der Waals surface area (Å²) in [6, 6.07) is 30.0. The third kappa shape index (κ3) is 4.81. The summed E-state index contributed by atoms with van der Waals surface area (Å²) in [6.45, 7) is 12.9. The first-order valence-electron chi connectivity index (χ1n) is 18.0. The van der Waals surface area contributed by atoms with E-state index in [1.165, 1.54) is 44.5 Å². The van der Waals surface area contributed by atoms with Crippen LogP contribution in [0.25, 0.3) is 77.4 Å². The SMILES string of the molecule is Cc1cc(C)c(-c2ccc3c4ccc(Oc5ccc6c(c5)c5nccn5c5nc(-c7c(C)cc(C)cc7C)ccc65)cc4c4nccn4c3n2)c(C)c1. The predicted octanol–water partition coefficient (Wildman–Crippen LogP) is 11.4. The minimum atomic E-state index is 0.729. The molecule has 0 fully saturated rings. The third-order valence-electron chi connectivity index (χ3n) is 10.6. The Bertz CT molecular complexity index is 2910. The highest BCUT2D eigenvalue weighted by molar-refractivity contribution is 6.12. The van der Waals surface area contributed by atoms with Crippen LogP contribution in [0.5, 0.6) is 11.5 Å². The first-order chi connectivity index (χ1) is 25.7. The van der Waals surface area contributed by atoms with Gasteiger partial charge in [-0.25, -0.2) is 19.9 Å². The Labute approximate surface area is 306 Å². The number of ether oxygens (including phenoxy) is 1. The molecule has 0 spiro atoms. The van der Waals surface area contributed by atoms with E-state index in [2.05, 4.69) is 123 Å². The van der Waals surface area contributed by atoms with Gasteiger partial charge < -0.3 is 4.74 Å². The number of pyridine rings is 4. The van der Waals surface area contributed by atoms with Crippen molar-refractivity contribution in [2.75, 3.05) is 0 Å². The zero-order valence-corrected chi connectivity index (χ0v) is 30.5. The molecule has 0 amide bonds. The lowest BCUT2D eigenvalue weighted by molar-refractivity contribution is 0.484. The number of fused-ring (bicyclic) bond motifs is 12. The van der Waals surface area contributed by atoms with Gasteiger partial charge in [-0.3, -0.25) is 8.80 Å². The monoisotopic (exact) mass is 688 g/mol. The van der Waals surface area contributed by atoms with Crippen molar-refractivity contribution in [2.45, 2.75) is 41.5 Å². The van der Waals surface area contributed by atoms with Gasteiger partial charge in [-0.15, -0.1) is 0 Å². The average molecular weight is 689 g/mol. The van der Waals surface area contributed by atoms with Crippen LogP contribution in [0, 0.1) is 41.5 Å². The molecule has 10 rings (SSSR count). The van der Waals surface area contributed by atoms with Crippen LogP contribution < -0.4 is 4.74 Å². The molecule has 6 heterocycles. The Morgan fingerprint density at radius 3 is 1.23 bits per heavy atom. The molecule has 6 aromatic heterocycles. The highest BCUT2D eigenvalue weighted by atomic mass is 16.5. The van der Waals surface area contributed by atoms with Gasteiger partial charge >= 0.3 is 0 Å². The summed E-state index contributed by atoms with van der Waals surface area (Å²) < 4.78 is 10.8. The van der Waals surface area contributed by atoms with Crippen LogP contribution in [0.4, 0.5) is 0 Å². The number of aromatic nitrogens is 6. The molecule has 7 heteroatoms. The van der Waals surface area contributed by atoms with E-state index in [1.54, 1.807) is 0 Å². The fourth-order valence-electron chi connectivity index (χ4n) is 8.63. The second kappa shape index (κ2) is 11.5. The largest absolute Gasteiger partial charge is 0.457 e. The van der Waals surface area contributed by atoms with Crippen LogP contribution in [0.2, 0.25) is 0 Å². The lowest BCUT2D eigenvalue weighted by Gasteiger charge is -2.15. The number of rotatable bonds is 4. The molecule has 53 heavy (non-hydrogen) atoms. The van der Waals surface area contributed by atoms with Gasteiger partial charge in [0.25, 0.3) is 0 Å². The highest BCUT2D eigenvalue weighted by Crippen LogP contribution is 2.38. The number of imidazole rings is 2. The van der Waals surface area contributed by atoms with E-state index in [1.807, 2.05) is 36.9 Å². The predicted molar refractivity (Wildman–Crippen MR) is 215 cm³/mol. The maximum Gasteiger partial charge on any atom is 0.146 e. The van der Waals surface area contributed by atoms with E-state index in [0.717, 1.165) is 77.8 Å². The molecule has 0 atom stereocenters. The van der Waals surface area contributed by atoms with Crippen LogP contribution in [-0.4, -0.2) is 28.7 Å². The summed E-state index contributed by atoms with van der Waals surface area (Å²) in [6.07, 6.45) is 7.65. The van der Waals surface area contributed by atoms with Crippen LogP contribution in [0.3, 0.4) is 0 Å². The number of benzene rings is 4. The van der Waals surface area contributed by atoms with Crippen molar-refractivity contribution in [2.24, 2.45) is 0 Å². The Morgan fingerprint density at radius 1 is 0.415 bits per heavy atom. The van der Waals surface area contributed by atoms with Crippen molar-refractivity contribution in [3.05, 3.63) is 143 Å². The number of hydrogen-bond acceptors (Lipinski definition) is 5. The minimum absolute atomic E-state index is 0.729. The molecule has 256 valence electrons. The van der Waals surface area contributed by atoms with E-state index in [9.17, 15) is 0 Å². The number of hydrogen-bond donors (Lipinski definition) is 0. The quantitative estimate of drug-likeness (QED) is 0.172. The van der Waals surface area contributed by atoms with Crippen molar-refractivity contribution in [3.8, 4) is 34.0 Å². The van der Waals surface area contributed by atoms with Crippen LogP contribution in [-0.2, 0) is 0 Å².